The summed E-state index contributed by atoms with van der Waals surface area (Å²) in [6.45, 7) is 0. The fourth-order valence-corrected chi connectivity index (χ4v) is 2.77. The fraction of sp³-hybridized carbons (Fsp3) is 0.429. The number of ether oxygens (including phenoxy) is 1. The van der Waals surface area contributed by atoms with Gasteiger partial charge in [-0.25, -0.2) is 5.43 Å². The molecule has 0 unspecified atom stereocenters. The maximum atomic E-state index is 11.7. The lowest BCUT2D eigenvalue weighted by molar-refractivity contribution is -0.124. The number of hydrazone groups is 1. The average Bonchev–Trinajstić information content (AvgIpc) is 2.93. The summed E-state index contributed by atoms with van der Waals surface area (Å²) in [4.78, 5) is 11.7. The number of rotatable bonds is 4. The van der Waals surface area contributed by atoms with E-state index in [1.807, 2.05) is 18.2 Å². The summed E-state index contributed by atoms with van der Waals surface area (Å²) < 4.78 is 6.01. The van der Waals surface area contributed by atoms with Gasteiger partial charge < -0.3 is 4.74 Å². The quantitative estimate of drug-likeness (QED) is 0.683. The third-order valence-corrected chi connectivity index (χ3v) is 3.91. The predicted molar refractivity (Wildman–Crippen MR) is 78.4 cm³/mol. The normalized spacial score (nSPS) is 15.9. The molecule has 0 radical (unpaired) electrons. The van der Waals surface area contributed by atoms with Crippen molar-refractivity contribution in [2.75, 3.05) is 7.11 Å². The molecule has 0 spiro atoms. The standard InChI is InChI=1S/C14H17BrN2O2/c1-19-13-7-6-10(8-12(13)15)9-16-17-14(18)11-4-2-3-5-11/h6-9,11H,2-5H2,1H3,(H,17,18)/b16-9+. The first-order chi connectivity index (χ1) is 9.20. The Morgan fingerprint density at radius 1 is 1.47 bits per heavy atom. The van der Waals surface area contributed by atoms with Crippen LogP contribution in [0, 0.1) is 5.92 Å². The molecule has 1 aliphatic carbocycles. The molecule has 2 rings (SSSR count). The first-order valence-electron chi connectivity index (χ1n) is 6.37. The lowest BCUT2D eigenvalue weighted by atomic mass is 10.1. The minimum atomic E-state index is 0.0290. The van der Waals surface area contributed by atoms with Crippen molar-refractivity contribution in [3.63, 3.8) is 0 Å². The number of nitrogens with one attached hydrogen (secondary N) is 1. The van der Waals surface area contributed by atoms with Gasteiger partial charge in [0.1, 0.15) is 5.75 Å². The van der Waals surface area contributed by atoms with Gasteiger partial charge in [0.2, 0.25) is 5.91 Å². The third kappa shape index (κ3) is 3.80. The Balaban J connectivity index is 1.91. The maximum absolute atomic E-state index is 11.7. The number of hydrogen-bond donors (Lipinski definition) is 1. The van der Waals surface area contributed by atoms with Crippen LogP contribution in [0.2, 0.25) is 0 Å². The van der Waals surface area contributed by atoms with Gasteiger partial charge in [-0.1, -0.05) is 12.8 Å². The third-order valence-electron chi connectivity index (χ3n) is 3.29. The molecule has 1 aliphatic rings. The van der Waals surface area contributed by atoms with Crippen LogP contribution in [-0.4, -0.2) is 19.2 Å². The van der Waals surface area contributed by atoms with Gasteiger partial charge in [-0.05, 0) is 52.5 Å². The zero-order valence-corrected chi connectivity index (χ0v) is 12.4. The molecular formula is C14H17BrN2O2. The van der Waals surface area contributed by atoms with Crippen molar-refractivity contribution in [1.29, 1.82) is 0 Å². The molecule has 0 atom stereocenters. The van der Waals surface area contributed by atoms with Crippen LogP contribution >= 0.6 is 15.9 Å². The number of benzene rings is 1. The van der Waals surface area contributed by atoms with Crippen molar-refractivity contribution in [2.45, 2.75) is 25.7 Å². The lowest BCUT2D eigenvalue weighted by Crippen LogP contribution is -2.24. The second-order valence-electron chi connectivity index (χ2n) is 4.61. The van der Waals surface area contributed by atoms with E-state index in [4.69, 9.17) is 4.74 Å². The summed E-state index contributed by atoms with van der Waals surface area (Å²) >= 11 is 3.41. The molecule has 1 aromatic rings. The highest BCUT2D eigenvalue weighted by molar-refractivity contribution is 9.10. The van der Waals surface area contributed by atoms with Crippen molar-refractivity contribution < 1.29 is 9.53 Å². The van der Waals surface area contributed by atoms with Crippen LogP contribution in [0.3, 0.4) is 0 Å². The first kappa shape index (κ1) is 14.1. The van der Waals surface area contributed by atoms with Crippen LogP contribution in [0.5, 0.6) is 5.75 Å². The van der Waals surface area contributed by atoms with Gasteiger partial charge in [0.15, 0.2) is 0 Å². The van der Waals surface area contributed by atoms with Crippen molar-refractivity contribution in [2.24, 2.45) is 11.0 Å². The Bertz CT molecular complexity index is 482. The molecule has 0 aromatic heterocycles. The molecule has 1 fully saturated rings. The minimum absolute atomic E-state index is 0.0290. The maximum Gasteiger partial charge on any atom is 0.243 e. The molecule has 1 N–H and O–H groups in total. The van der Waals surface area contributed by atoms with Gasteiger partial charge >= 0.3 is 0 Å². The van der Waals surface area contributed by atoms with Gasteiger partial charge in [0.25, 0.3) is 0 Å². The molecule has 102 valence electrons. The molecule has 1 saturated carbocycles. The summed E-state index contributed by atoms with van der Waals surface area (Å²) in [5, 5.41) is 4.00. The van der Waals surface area contributed by atoms with Gasteiger partial charge in [-0.15, -0.1) is 0 Å². The number of carbonyl (C=O) groups excluding carboxylic acids is 1. The molecular weight excluding hydrogens is 308 g/mol. The van der Waals surface area contributed by atoms with Crippen LogP contribution in [-0.2, 0) is 4.79 Å². The number of carbonyl (C=O) groups is 1. The van der Waals surface area contributed by atoms with E-state index in [2.05, 4.69) is 26.5 Å². The molecule has 0 aliphatic heterocycles. The molecule has 19 heavy (non-hydrogen) atoms. The summed E-state index contributed by atoms with van der Waals surface area (Å²) in [7, 11) is 1.62. The Hall–Kier alpha value is -1.36. The van der Waals surface area contributed by atoms with Gasteiger partial charge in [0.05, 0.1) is 17.8 Å². The molecule has 0 heterocycles. The molecule has 0 bridgehead atoms. The van der Waals surface area contributed by atoms with E-state index < -0.39 is 0 Å². The lowest BCUT2D eigenvalue weighted by Gasteiger charge is -2.06. The van der Waals surface area contributed by atoms with Crippen LogP contribution in [0.4, 0.5) is 0 Å². The van der Waals surface area contributed by atoms with E-state index in [9.17, 15) is 4.79 Å². The number of methoxy groups -OCH3 is 1. The predicted octanol–water partition coefficient (Wildman–Crippen LogP) is 3.10. The van der Waals surface area contributed by atoms with Crippen molar-refractivity contribution in [3.8, 4) is 5.75 Å². The second kappa shape index (κ2) is 6.70. The largest absolute Gasteiger partial charge is 0.496 e. The molecule has 1 amide bonds. The van der Waals surface area contributed by atoms with E-state index in [1.165, 1.54) is 0 Å². The summed E-state index contributed by atoms with van der Waals surface area (Å²) in [5.74, 6) is 0.938. The number of halogens is 1. The highest BCUT2D eigenvalue weighted by atomic mass is 79.9. The highest BCUT2D eigenvalue weighted by Crippen LogP contribution is 2.25. The number of hydrogen-bond acceptors (Lipinski definition) is 3. The summed E-state index contributed by atoms with van der Waals surface area (Å²) in [6.07, 6.45) is 5.89. The van der Waals surface area contributed by atoms with Gasteiger partial charge in [-0.2, -0.15) is 5.10 Å². The monoisotopic (exact) mass is 324 g/mol. The number of amides is 1. The minimum Gasteiger partial charge on any atom is -0.496 e. The van der Waals surface area contributed by atoms with E-state index in [1.54, 1.807) is 13.3 Å². The SMILES string of the molecule is COc1ccc(/C=N/NC(=O)C2CCCC2)cc1Br. The zero-order valence-electron chi connectivity index (χ0n) is 10.9. The van der Waals surface area contributed by atoms with Crippen molar-refractivity contribution in [1.82, 2.24) is 5.43 Å². The molecule has 5 heteroatoms. The molecule has 4 nitrogen and oxygen atoms in total. The topological polar surface area (TPSA) is 50.7 Å². The second-order valence-corrected chi connectivity index (χ2v) is 5.46. The molecule has 0 saturated heterocycles. The fourth-order valence-electron chi connectivity index (χ4n) is 2.21. The van der Waals surface area contributed by atoms with Gasteiger partial charge in [0, 0.05) is 5.92 Å². The van der Waals surface area contributed by atoms with Gasteiger partial charge in [-0.3, -0.25) is 4.79 Å². The van der Waals surface area contributed by atoms with Crippen molar-refractivity contribution >= 4 is 28.1 Å². The zero-order chi connectivity index (χ0) is 13.7. The van der Waals surface area contributed by atoms with E-state index in [0.717, 1.165) is 41.5 Å². The van der Waals surface area contributed by atoms with E-state index in [0.29, 0.717) is 0 Å². The van der Waals surface area contributed by atoms with Crippen LogP contribution in [0.15, 0.2) is 27.8 Å². The van der Waals surface area contributed by atoms with E-state index >= 15 is 0 Å². The Kier molecular flexibility index (Phi) is 4.96. The van der Waals surface area contributed by atoms with Crippen molar-refractivity contribution in [3.05, 3.63) is 28.2 Å². The van der Waals surface area contributed by atoms with Crippen LogP contribution in [0.1, 0.15) is 31.2 Å². The van der Waals surface area contributed by atoms with Crippen LogP contribution < -0.4 is 10.2 Å². The summed E-state index contributed by atoms with van der Waals surface area (Å²) in [6, 6.07) is 5.63. The average molecular weight is 325 g/mol. The Morgan fingerprint density at radius 3 is 2.84 bits per heavy atom. The highest BCUT2D eigenvalue weighted by Gasteiger charge is 2.21. The van der Waals surface area contributed by atoms with E-state index in [-0.39, 0.29) is 11.8 Å². The molecule has 1 aromatic carbocycles. The Morgan fingerprint density at radius 2 is 2.21 bits per heavy atom. The summed E-state index contributed by atoms with van der Waals surface area (Å²) in [5.41, 5.74) is 3.51. The van der Waals surface area contributed by atoms with Crippen LogP contribution in [0.25, 0.3) is 0 Å². The number of nitrogens with zero attached hydrogens (tertiary/aromatic N) is 1. The Labute approximate surface area is 121 Å². The first-order valence-corrected chi connectivity index (χ1v) is 7.16. The smallest absolute Gasteiger partial charge is 0.243 e.